The highest BCUT2D eigenvalue weighted by atomic mass is 15.5. The number of nitrogens with one attached hydrogen (secondary N) is 2. The maximum Gasteiger partial charge on any atom is 0.229 e. The molecule has 0 amide bonds. The molecule has 1 aliphatic carbocycles. The van der Waals surface area contributed by atoms with Crippen LogP contribution in [0.1, 0.15) is 17.2 Å². The summed E-state index contributed by atoms with van der Waals surface area (Å²) in [6.45, 7) is 0. The molecule has 7 rings (SSSR count). The van der Waals surface area contributed by atoms with E-state index in [2.05, 4.69) is 67.3 Å². The second-order valence-corrected chi connectivity index (χ2v) is 8.10. The minimum absolute atomic E-state index is 0.112. The van der Waals surface area contributed by atoms with Gasteiger partial charge in [-0.25, -0.2) is 14.8 Å². The van der Waals surface area contributed by atoms with Crippen molar-refractivity contribution in [2.24, 2.45) is 0 Å². The lowest BCUT2D eigenvalue weighted by molar-refractivity contribution is 0.550. The number of fused-ring (bicyclic) bond motifs is 1. The Kier molecular flexibility index (Phi) is 3.77. The summed E-state index contributed by atoms with van der Waals surface area (Å²) in [5, 5.41) is 25.4. The highest BCUT2D eigenvalue weighted by Crippen LogP contribution is 2.39. The van der Waals surface area contributed by atoms with Crippen LogP contribution in [0.25, 0.3) is 33.2 Å². The van der Waals surface area contributed by atoms with Crippen LogP contribution in [0.5, 0.6) is 0 Å². The topological polar surface area (TPSA) is 110 Å². The normalized spacial score (nSPS) is 14.8. The summed E-state index contributed by atoms with van der Waals surface area (Å²) in [6.07, 6.45) is 4.55. The number of nitrogens with zero attached hydrogens (tertiary/aromatic N) is 7. The minimum atomic E-state index is 0.112. The predicted molar refractivity (Wildman–Crippen MR) is 124 cm³/mol. The summed E-state index contributed by atoms with van der Waals surface area (Å²) in [5.41, 5.74) is 5.22. The number of H-pyrrole nitrogens is 1. The van der Waals surface area contributed by atoms with Crippen LogP contribution in [0.3, 0.4) is 0 Å². The summed E-state index contributed by atoms with van der Waals surface area (Å²) < 4.78 is 2.02. The Bertz CT molecular complexity index is 1610. The van der Waals surface area contributed by atoms with E-state index in [1.165, 1.54) is 21.9 Å². The minimum Gasteiger partial charge on any atom is -0.324 e. The van der Waals surface area contributed by atoms with Gasteiger partial charge in [-0.05, 0) is 63.0 Å². The quantitative estimate of drug-likeness (QED) is 0.433. The standard InChI is InChI=1S/C24H17N9/c1-3-14-4-2-6-19-20(11-16(5-1)21(14)19)33-23-17(13-26-33)12-25-24(28-23)27-18-9-7-15(8-10-18)22-29-31-32-30-22/h1-10,12-13,20H,11H2,(H,25,27,28)(H,29,30,31,32)/t20-/m1/s1. The molecule has 0 spiro atoms. The molecule has 0 fully saturated rings. The summed E-state index contributed by atoms with van der Waals surface area (Å²) in [5.74, 6) is 1.14. The van der Waals surface area contributed by atoms with E-state index in [1.54, 1.807) is 0 Å². The van der Waals surface area contributed by atoms with Gasteiger partial charge in [0.05, 0.1) is 17.6 Å². The van der Waals surface area contributed by atoms with Crippen molar-refractivity contribution in [3.8, 4) is 11.4 Å². The van der Waals surface area contributed by atoms with Gasteiger partial charge < -0.3 is 5.32 Å². The molecule has 33 heavy (non-hydrogen) atoms. The van der Waals surface area contributed by atoms with Gasteiger partial charge >= 0.3 is 0 Å². The number of hydrogen-bond acceptors (Lipinski definition) is 7. The van der Waals surface area contributed by atoms with Crippen LogP contribution in [0.2, 0.25) is 0 Å². The van der Waals surface area contributed by atoms with E-state index in [4.69, 9.17) is 10.1 Å². The lowest BCUT2D eigenvalue weighted by Crippen LogP contribution is -2.12. The average Bonchev–Trinajstić information content (AvgIpc) is 3.60. The van der Waals surface area contributed by atoms with Crippen LogP contribution in [-0.2, 0) is 6.42 Å². The highest BCUT2D eigenvalue weighted by Gasteiger charge is 2.27. The van der Waals surface area contributed by atoms with Gasteiger partial charge in [-0.1, -0.05) is 36.4 Å². The lowest BCUT2D eigenvalue weighted by atomic mass is 10.0. The van der Waals surface area contributed by atoms with Gasteiger partial charge in [0.1, 0.15) is 0 Å². The van der Waals surface area contributed by atoms with E-state index >= 15 is 0 Å². The van der Waals surface area contributed by atoms with Crippen molar-refractivity contribution >= 4 is 33.4 Å². The Labute approximate surface area is 187 Å². The van der Waals surface area contributed by atoms with Gasteiger partial charge in [0.2, 0.25) is 5.95 Å². The Hall–Kier alpha value is -4.66. The van der Waals surface area contributed by atoms with Gasteiger partial charge in [0.15, 0.2) is 11.5 Å². The molecule has 9 nitrogen and oxygen atoms in total. The Morgan fingerprint density at radius 3 is 2.67 bits per heavy atom. The fraction of sp³-hybridized carbons (Fsp3) is 0.0833. The second-order valence-electron chi connectivity index (χ2n) is 8.10. The first-order valence-electron chi connectivity index (χ1n) is 10.7. The third-order valence-corrected chi connectivity index (χ3v) is 6.18. The molecule has 0 saturated heterocycles. The third-order valence-electron chi connectivity index (χ3n) is 6.18. The van der Waals surface area contributed by atoms with E-state index in [9.17, 15) is 0 Å². The summed E-state index contributed by atoms with van der Waals surface area (Å²) >= 11 is 0. The van der Waals surface area contributed by atoms with E-state index in [0.717, 1.165) is 28.7 Å². The SMILES string of the molecule is c1cc2c3c(cccc3c1)[C@H](n1ncc3cnc(Nc4ccc(-c5nnn[nH]5)cc4)nc31)C2. The fourth-order valence-electron chi connectivity index (χ4n) is 4.68. The first-order chi connectivity index (χ1) is 16.3. The Morgan fingerprint density at radius 2 is 1.82 bits per heavy atom. The zero-order valence-corrected chi connectivity index (χ0v) is 17.3. The van der Waals surface area contributed by atoms with Crippen molar-refractivity contribution < 1.29 is 0 Å². The van der Waals surface area contributed by atoms with Crippen LogP contribution in [-0.4, -0.2) is 40.4 Å². The molecule has 0 radical (unpaired) electrons. The summed E-state index contributed by atoms with van der Waals surface area (Å²) in [6, 6.07) is 20.8. The maximum absolute atomic E-state index is 4.81. The van der Waals surface area contributed by atoms with Crippen molar-refractivity contribution in [3.63, 3.8) is 0 Å². The maximum atomic E-state index is 4.81. The van der Waals surface area contributed by atoms with Crippen LogP contribution in [0.4, 0.5) is 11.6 Å². The van der Waals surface area contributed by atoms with E-state index in [1.807, 2.05) is 41.3 Å². The molecule has 0 unspecified atom stereocenters. The van der Waals surface area contributed by atoms with Crippen molar-refractivity contribution in [1.29, 1.82) is 0 Å². The van der Waals surface area contributed by atoms with Gasteiger partial charge in [-0.3, -0.25) is 0 Å². The van der Waals surface area contributed by atoms with Crippen LogP contribution in [0.15, 0.2) is 73.1 Å². The molecule has 3 aromatic heterocycles. The highest BCUT2D eigenvalue weighted by molar-refractivity contribution is 5.91. The zero-order chi connectivity index (χ0) is 21.8. The summed E-state index contributed by atoms with van der Waals surface area (Å²) in [7, 11) is 0. The van der Waals surface area contributed by atoms with Crippen molar-refractivity contribution in [1.82, 2.24) is 40.4 Å². The van der Waals surface area contributed by atoms with Crippen molar-refractivity contribution in [2.75, 3.05) is 5.32 Å². The molecule has 0 bridgehead atoms. The Morgan fingerprint density at radius 1 is 0.939 bits per heavy atom. The average molecular weight is 431 g/mol. The number of tetrazole rings is 1. The molecule has 3 aromatic carbocycles. The number of aromatic amines is 1. The molecular formula is C24H17N9. The van der Waals surface area contributed by atoms with E-state index in [0.29, 0.717) is 11.8 Å². The molecule has 3 heterocycles. The molecule has 158 valence electrons. The number of anilines is 2. The fourth-order valence-corrected chi connectivity index (χ4v) is 4.68. The molecule has 1 aliphatic rings. The van der Waals surface area contributed by atoms with Gasteiger partial charge in [0, 0.05) is 17.4 Å². The molecule has 9 heteroatoms. The van der Waals surface area contributed by atoms with Crippen molar-refractivity contribution in [2.45, 2.75) is 12.5 Å². The smallest absolute Gasteiger partial charge is 0.229 e. The first-order valence-corrected chi connectivity index (χ1v) is 10.7. The number of hydrogen-bond donors (Lipinski definition) is 2. The molecule has 1 atom stereocenters. The monoisotopic (exact) mass is 431 g/mol. The zero-order valence-electron chi connectivity index (χ0n) is 17.3. The second kappa shape index (κ2) is 6.92. The van der Waals surface area contributed by atoms with E-state index < -0.39 is 0 Å². The number of aromatic nitrogens is 8. The van der Waals surface area contributed by atoms with Crippen molar-refractivity contribution in [3.05, 3.63) is 84.2 Å². The van der Waals surface area contributed by atoms with Crippen LogP contribution in [0, 0.1) is 0 Å². The van der Waals surface area contributed by atoms with Gasteiger partial charge in [-0.15, -0.1) is 5.10 Å². The first kappa shape index (κ1) is 18.0. The molecule has 0 aliphatic heterocycles. The number of rotatable bonds is 4. The summed E-state index contributed by atoms with van der Waals surface area (Å²) in [4.78, 5) is 9.29. The Balaban J connectivity index is 1.23. The van der Waals surface area contributed by atoms with Gasteiger partial charge in [0.25, 0.3) is 0 Å². The molecular weight excluding hydrogens is 414 g/mol. The molecule has 2 N–H and O–H groups in total. The number of benzene rings is 3. The molecule has 6 aromatic rings. The lowest BCUT2D eigenvalue weighted by Gasteiger charge is -2.14. The molecule has 0 saturated carbocycles. The third kappa shape index (κ3) is 2.86. The largest absolute Gasteiger partial charge is 0.324 e. The van der Waals surface area contributed by atoms with Gasteiger partial charge in [-0.2, -0.15) is 10.1 Å². The van der Waals surface area contributed by atoms with Crippen LogP contribution >= 0.6 is 0 Å². The van der Waals surface area contributed by atoms with E-state index in [-0.39, 0.29) is 6.04 Å². The van der Waals surface area contributed by atoms with Crippen LogP contribution < -0.4 is 5.32 Å². The predicted octanol–water partition coefficient (Wildman–Crippen LogP) is 4.05.